The molecule has 82 valence electrons. The smallest absolute Gasteiger partial charge is 0.247 e. The van der Waals surface area contributed by atoms with Crippen molar-refractivity contribution in [1.29, 1.82) is 0 Å². The second-order valence-electron chi connectivity index (χ2n) is 4.24. The highest BCUT2D eigenvalue weighted by molar-refractivity contribution is 6.29. The van der Waals surface area contributed by atoms with Gasteiger partial charge in [-0.25, -0.2) is 15.8 Å². The number of nitrogens with zero attached hydrogens (tertiary/aromatic N) is 2. The van der Waals surface area contributed by atoms with Crippen LogP contribution in [0.1, 0.15) is 20.8 Å². The monoisotopic (exact) mass is 227 g/mol. The summed E-state index contributed by atoms with van der Waals surface area (Å²) in [6.45, 7) is 5.37. The molecule has 15 heavy (non-hydrogen) atoms. The minimum absolute atomic E-state index is 0.211. The van der Waals surface area contributed by atoms with Crippen molar-refractivity contribution < 1.29 is 4.79 Å². The molecule has 4 nitrogen and oxygen atoms in total. The molecule has 0 aliphatic carbocycles. The molecule has 0 aliphatic rings. The Bertz CT molecular complexity index is 373. The van der Waals surface area contributed by atoms with Crippen molar-refractivity contribution in [2.24, 2.45) is 11.3 Å². The normalized spacial score (nSPS) is 11.3. The first kappa shape index (κ1) is 11.9. The Balaban J connectivity index is 2.95. The van der Waals surface area contributed by atoms with Gasteiger partial charge in [0, 0.05) is 5.41 Å². The first-order chi connectivity index (χ1) is 6.82. The molecule has 0 fully saturated rings. The number of carbonyl (C=O) groups is 1. The fourth-order valence-electron chi connectivity index (χ4n) is 0.997. The SMILES string of the molecule is CC(C)(C)C(=O)N(N)c1cccc(Cl)n1. The Kier molecular flexibility index (Phi) is 3.31. The van der Waals surface area contributed by atoms with Crippen molar-refractivity contribution in [2.45, 2.75) is 20.8 Å². The molecule has 2 N–H and O–H groups in total. The van der Waals surface area contributed by atoms with Gasteiger partial charge in [-0.3, -0.25) is 4.79 Å². The molecule has 0 aromatic carbocycles. The van der Waals surface area contributed by atoms with Crippen molar-refractivity contribution in [3.63, 3.8) is 0 Å². The number of hydrogen-bond acceptors (Lipinski definition) is 3. The van der Waals surface area contributed by atoms with Gasteiger partial charge in [0.15, 0.2) is 5.82 Å². The van der Waals surface area contributed by atoms with Crippen LogP contribution in [-0.2, 0) is 4.79 Å². The summed E-state index contributed by atoms with van der Waals surface area (Å²) in [5.41, 5.74) is -0.543. The van der Waals surface area contributed by atoms with Crippen molar-refractivity contribution in [3.8, 4) is 0 Å². The fraction of sp³-hybridized carbons (Fsp3) is 0.400. The fourth-order valence-corrected chi connectivity index (χ4v) is 1.16. The number of halogens is 1. The minimum Gasteiger partial charge on any atom is -0.272 e. The number of carbonyl (C=O) groups excluding carboxylic acids is 1. The average Bonchev–Trinajstić information content (AvgIpc) is 2.14. The van der Waals surface area contributed by atoms with Gasteiger partial charge in [0.1, 0.15) is 5.15 Å². The van der Waals surface area contributed by atoms with Gasteiger partial charge in [-0.1, -0.05) is 38.4 Å². The van der Waals surface area contributed by atoms with E-state index in [1.165, 1.54) is 0 Å². The first-order valence-electron chi connectivity index (χ1n) is 4.54. The van der Waals surface area contributed by atoms with Crippen LogP contribution in [-0.4, -0.2) is 10.9 Å². The second kappa shape index (κ2) is 4.16. The predicted octanol–water partition coefficient (Wildman–Crippen LogP) is 1.99. The summed E-state index contributed by atoms with van der Waals surface area (Å²) in [6.07, 6.45) is 0. The van der Waals surface area contributed by atoms with Crippen LogP contribution in [0.2, 0.25) is 5.15 Å². The molecule has 1 rings (SSSR count). The minimum atomic E-state index is -0.543. The van der Waals surface area contributed by atoms with Crippen LogP contribution in [0.3, 0.4) is 0 Å². The molecule has 0 radical (unpaired) electrons. The third-order valence-corrected chi connectivity index (χ3v) is 2.02. The molecule has 0 saturated heterocycles. The van der Waals surface area contributed by atoms with Crippen LogP contribution in [0, 0.1) is 5.41 Å². The van der Waals surface area contributed by atoms with Crippen molar-refractivity contribution >= 4 is 23.3 Å². The molecule has 5 heteroatoms. The molecular formula is C10H14ClN3O. The molecule has 0 unspecified atom stereocenters. The summed E-state index contributed by atoms with van der Waals surface area (Å²) in [5.74, 6) is 5.79. The van der Waals surface area contributed by atoms with E-state index in [1.54, 1.807) is 39.0 Å². The highest BCUT2D eigenvalue weighted by atomic mass is 35.5. The predicted molar refractivity (Wildman–Crippen MR) is 60.4 cm³/mol. The summed E-state index contributed by atoms with van der Waals surface area (Å²) < 4.78 is 0. The third-order valence-electron chi connectivity index (χ3n) is 1.81. The number of nitrogens with two attached hydrogens (primary N) is 1. The Labute approximate surface area is 94.0 Å². The van der Waals surface area contributed by atoms with E-state index >= 15 is 0 Å². The van der Waals surface area contributed by atoms with Crippen LogP contribution in [0.5, 0.6) is 0 Å². The van der Waals surface area contributed by atoms with Crippen LogP contribution in [0.4, 0.5) is 5.82 Å². The lowest BCUT2D eigenvalue weighted by atomic mass is 9.95. The van der Waals surface area contributed by atoms with E-state index in [9.17, 15) is 4.79 Å². The lowest BCUT2D eigenvalue weighted by molar-refractivity contribution is -0.125. The number of hydrogen-bond donors (Lipinski definition) is 1. The third kappa shape index (κ3) is 2.91. The van der Waals surface area contributed by atoms with Crippen LogP contribution in [0.25, 0.3) is 0 Å². The lowest BCUT2D eigenvalue weighted by Crippen LogP contribution is -2.44. The molecule has 1 heterocycles. The Hall–Kier alpha value is -1.13. The zero-order chi connectivity index (χ0) is 11.6. The van der Waals surface area contributed by atoms with Gasteiger partial charge in [0.05, 0.1) is 0 Å². The zero-order valence-corrected chi connectivity index (χ0v) is 9.75. The highest BCUT2D eigenvalue weighted by Gasteiger charge is 2.27. The highest BCUT2D eigenvalue weighted by Crippen LogP contribution is 2.20. The molecule has 0 saturated carbocycles. The van der Waals surface area contributed by atoms with Crippen molar-refractivity contribution in [2.75, 3.05) is 5.01 Å². The molecule has 1 amide bonds. The van der Waals surface area contributed by atoms with Gasteiger partial charge in [-0.15, -0.1) is 0 Å². The Morgan fingerprint density at radius 3 is 2.53 bits per heavy atom. The molecule has 1 aromatic rings. The largest absolute Gasteiger partial charge is 0.272 e. The number of hydrazine groups is 1. The lowest BCUT2D eigenvalue weighted by Gasteiger charge is -2.24. The van der Waals surface area contributed by atoms with E-state index in [1.807, 2.05) is 0 Å². The van der Waals surface area contributed by atoms with E-state index in [2.05, 4.69) is 4.98 Å². The number of anilines is 1. The zero-order valence-electron chi connectivity index (χ0n) is 8.99. The quantitative estimate of drug-likeness (QED) is 0.346. The van der Waals surface area contributed by atoms with Gasteiger partial charge in [-0.05, 0) is 12.1 Å². The molecule has 0 atom stereocenters. The molecule has 0 bridgehead atoms. The molecular weight excluding hydrogens is 214 g/mol. The van der Waals surface area contributed by atoms with Gasteiger partial charge < -0.3 is 0 Å². The maximum atomic E-state index is 11.8. The number of pyridine rings is 1. The second-order valence-corrected chi connectivity index (χ2v) is 4.63. The van der Waals surface area contributed by atoms with Crippen LogP contribution >= 0.6 is 11.6 Å². The molecule has 0 spiro atoms. The summed E-state index contributed by atoms with van der Waals surface area (Å²) in [7, 11) is 0. The van der Waals surface area contributed by atoms with Crippen LogP contribution < -0.4 is 10.9 Å². The van der Waals surface area contributed by atoms with Gasteiger partial charge in [-0.2, -0.15) is 0 Å². The number of amides is 1. The summed E-state index contributed by atoms with van der Waals surface area (Å²) in [4.78, 5) is 15.7. The Morgan fingerprint density at radius 2 is 2.07 bits per heavy atom. The average molecular weight is 228 g/mol. The summed E-state index contributed by atoms with van der Waals surface area (Å²) >= 11 is 5.70. The maximum Gasteiger partial charge on any atom is 0.247 e. The van der Waals surface area contributed by atoms with Gasteiger partial charge in [0.2, 0.25) is 5.91 Å². The Morgan fingerprint density at radius 1 is 1.47 bits per heavy atom. The summed E-state index contributed by atoms with van der Waals surface area (Å²) in [6, 6.07) is 4.95. The van der Waals surface area contributed by atoms with E-state index in [-0.39, 0.29) is 5.91 Å². The van der Waals surface area contributed by atoms with Gasteiger partial charge in [0.25, 0.3) is 0 Å². The van der Waals surface area contributed by atoms with E-state index in [4.69, 9.17) is 17.4 Å². The summed E-state index contributed by atoms with van der Waals surface area (Å²) in [5, 5.41) is 1.33. The number of rotatable bonds is 1. The topological polar surface area (TPSA) is 59.2 Å². The number of aromatic nitrogens is 1. The molecule has 1 aromatic heterocycles. The van der Waals surface area contributed by atoms with Crippen molar-refractivity contribution in [1.82, 2.24) is 4.98 Å². The van der Waals surface area contributed by atoms with Crippen molar-refractivity contribution in [3.05, 3.63) is 23.4 Å². The standard InChI is InChI=1S/C10H14ClN3O/c1-10(2,3)9(15)14(12)8-6-4-5-7(11)13-8/h4-6H,12H2,1-3H3. The first-order valence-corrected chi connectivity index (χ1v) is 4.92. The van der Waals surface area contributed by atoms with E-state index in [0.29, 0.717) is 11.0 Å². The van der Waals surface area contributed by atoms with Gasteiger partial charge >= 0.3 is 0 Å². The maximum absolute atomic E-state index is 11.8. The van der Waals surface area contributed by atoms with E-state index < -0.39 is 5.41 Å². The molecule has 0 aliphatic heterocycles. The van der Waals surface area contributed by atoms with Crippen LogP contribution in [0.15, 0.2) is 18.2 Å². The van der Waals surface area contributed by atoms with E-state index in [0.717, 1.165) is 5.01 Å².